The minimum absolute atomic E-state index is 0.100. The molecule has 1 atom stereocenters. The number of terminal acetylenes is 1. The number of methoxy groups -OCH3 is 1. The number of rotatable bonds is 11. The average molecular weight is 574 g/mol. The number of nitrogens with zero attached hydrogens (tertiary/aromatic N) is 6. The zero-order valence-corrected chi connectivity index (χ0v) is 24.1. The van der Waals surface area contributed by atoms with E-state index in [2.05, 4.69) is 45.4 Å². The molecule has 216 valence electrons. The fraction of sp³-hybridized carbons (Fsp3) is 0.212. The Morgan fingerprint density at radius 3 is 2.51 bits per heavy atom. The molecule has 0 spiro atoms. The van der Waals surface area contributed by atoms with Crippen LogP contribution >= 0.6 is 0 Å². The van der Waals surface area contributed by atoms with E-state index < -0.39 is 5.91 Å². The van der Waals surface area contributed by atoms with Gasteiger partial charge in [-0.25, -0.2) is 14.6 Å². The van der Waals surface area contributed by atoms with Gasteiger partial charge in [-0.3, -0.25) is 15.1 Å². The van der Waals surface area contributed by atoms with E-state index in [1.54, 1.807) is 36.2 Å². The molecular formula is C33H31N7O3. The second-order valence-corrected chi connectivity index (χ2v) is 10.1. The first-order valence-corrected chi connectivity index (χ1v) is 13.7. The van der Waals surface area contributed by atoms with Crippen LogP contribution < -0.4 is 10.1 Å². The zero-order valence-electron chi connectivity index (χ0n) is 24.1. The molecule has 10 heteroatoms. The fourth-order valence-corrected chi connectivity index (χ4v) is 4.52. The number of carbonyl (C=O) groups excluding carboxylic acids is 1. The number of ether oxygens (including phenoxy) is 2. The van der Waals surface area contributed by atoms with Crippen LogP contribution in [0.3, 0.4) is 0 Å². The first-order valence-electron chi connectivity index (χ1n) is 13.7. The van der Waals surface area contributed by atoms with E-state index in [9.17, 15) is 4.79 Å². The van der Waals surface area contributed by atoms with Gasteiger partial charge in [-0.2, -0.15) is 0 Å². The predicted molar refractivity (Wildman–Crippen MR) is 163 cm³/mol. The highest BCUT2D eigenvalue weighted by molar-refractivity contribution is 5.90. The molecule has 3 aromatic heterocycles. The molecule has 0 saturated carbocycles. The Balaban J connectivity index is 1.41. The summed E-state index contributed by atoms with van der Waals surface area (Å²) in [7, 11) is 1.69. The van der Waals surface area contributed by atoms with Gasteiger partial charge in [0.2, 0.25) is 5.95 Å². The van der Waals surface area contributed by atoms with Crippen molar-refractivity contribution in [1.82, 2.24) is 29.9 Å². The van der Waals surface area contributed by atoms with Gasteiger partial charge in [-0.1, -0.05) is 61.4 Å². The van der Waals surface area contributed by atoms with Crippen molar-refractivity contribution in [1.29, 1.82) is 0 Å². The number of carbonyl (C=O) groups is 1. The van der Waals surface area contributed by atoms with E-state index in [1.807, 2.05) is 60.7 Å². The Labute approximate surface area is 250 Å². The van der Waals surface area contributed by atoms with Crippen LogP contribution in [0.25, 0.3) is 22.6 Å². The molecule has 2 aromatic carbocycles. The van der Waals surface area contributed by atoms with E-state index in [-0.39, 0.29) is 24.6 Å². The van der Waals surface area contributed by atoms with Gasteiger partial charge in [-0.05, 0) is 48.4 Å². The van der Waals surface area contributed by atoms with Crippen molar-refractivity contribution in [2.75, 3.05) is 19.0 Å². The van der Waals surface area contributed by atoms with Crippen molar-refractivity contribution < 1.29 is 14.3 Å². The number of aromatic nitrogens is 6. The quantitative estimate of drug-likeness (QED) is 0.215. The first-order chi connectivity index (χ1) is 20.9. The largest absolute Gasteiger partial charge is 0.484 e. The number of amides is 1. The summed E-state index contributed by atoms with van der Waals surface area (Å²) in [4.78, 5) is 26.7. The molecule has 5 rings (SSSR count). The normalized spacial score (nSPS) is 11.6. The molecule has 3 heterocycles. The van der Waals surface area contributed by atoms with Gasteiger partial charge >= 0.3 is 0 Å². The third-order valence-electron chi connectivity index (χ3n) is 6.52. The van der Waals surface area contributed by atoms with Crippen molar-refractivity contribution in [2.45, 2.75) is 26.5 Å². The van der Waals surface area contributed by atoms with E-state index in [4.69, 9.17) is 20.9 Å². The highest BCUT2D eigenvalue weighted by Crippen LogP contribution is 2.26. The summed E-state index contributed by atoms with van der Waals surface area (Å²) >= 11 is 0. The van der Waals surface area contributed by atoms with E-state index in [0.29, 0.717) is 34.9 Å². The second-order valence-electron chi connectivity index (χ2n) is 10.1. The molecule has 0 radical (unpaired) electrons. The van der Waals surface area contributed by atoms with Crippen LogP contribution in [-0.2, 0) is 16.1 Å². The smallest absolute Gasteiger partial charge is 0.264 e. The molecule has 0 aliphatic heterocycles. The predicted octanol–water partition coefficient (Wildman–Crippen LogP) is 5.19. The summed E-state index contributed by atoms with van der Waals surface area (Å²) in [5.74, 6) is 3.19. The molecule has 1 unspecified atom stereocenters. The van der Waals surface area contributed by atoms with Crippen molar-refractivity contribution in [3.63, 3.8) is 0 Å². The SMILES string of the molecule is C#Cc1cccc(-c2cc(-c3cn(Cc4cccc(C(OC)C(C)C)n4)nn3)nc(NC(=O)COc3ccccc3)n2)c1. The third kappa shape index (κ3) is 7.47. The van der Waals surface area contributed by atoms with Crippen LogP contribution in [0.15, 0.2) is 85.1 Å². The number of pyridine rings is 1. The molecule has 0 aliphatic rings. The Kier molecular flexibility index (Phi) is 9.14. The van der Waals surface area contributed by atoms with Crippen LogP contribution in [0.2, 0.25) is 0 Å². The summed E-state index contributed by atoms with van der Waals surface area (Å²) < 4.78 is 12.9. The molecular weight excluding hydrogens is 542 g/mol. The molecule has 5 aromatic rings. The standard InChI is InChI=1S/C33H31N7O3/c1-5-23-11-9-12-24(17-23)28-18-29(36-33(35-28)37-31(41)21-43-26-14-7-6-8-15-26)30-20-40(39-38-30)19-25-13-10-16-27(34-25)32(42-4)22(2)3/h1,6-18,20,22,32H,19,21H2,2-4H3,(H,35,36,37,41). The maximum Gasteiger partial charge on any atom is 0.264 e. The van der Waals surface area contributed by atoms with Gasteiger partial charge in [0.15, 0.2) is 6.61 Å². The summed E-state index contributed by atoms with van der Waals surface area (Å²) in [6, 6.07) is 24.1. The fourth-order valence-electron chi connectivity index (χ4n) is 4.52. The van der Waals surface area contributed by atoms with Crippen molar-refractivity contribution in [2.24, 2.45) is 5.92 Å². The van der Waals surface area contributed by atoms with E-state index in [0.717, 1.165) is 17.0 Å². The Morgan fingerprint density at radius 1 is 0.953 bits per heavy atom. The number of hydrogen-bond donors (Lipinski definition) is 1. The lowest BCUT2D eigenvalue weighted by Gasteiger charge is -2.19. The third-order valence-corrected chi connectivity index (χ3v) is 6.52. The molecule has 1 N–H and O–H groups in total. The zero-order chi connectivity index (χ0) is 30.2. The van der Waals surface area contributed by atoms with Gasteiger partial charge in [0.05, 0.1) is 35.5 Å². The van der Waals surface area contributed by atoms with E-state index >= 15 is 0 Å². The first kappa shape index (κ1) is 29.1. The van der Waals surface area contributed by atoms with Gasteiger partial charge in [0.25, 0.3) is 5.91 Å². The lowest BCUT2D eigenvalue weighted by molar-refractivity contribution is -0.118. The Morgan fingerprint density at radius 2 is 1.74 bits per heavy atom. The summed E-state index contributed by atoms with van der Waals surface area (Å²) in [6.07, 6.45) is 7.29. The molecule has 1 amide bonds. The van der Waals surface area contributed by atoms with Crippen molar-refractivity contribution >= 4 is 11.9 Å². The molecule has 0 bridgehead atoms. The lowest BCUT2D eigenvalue weighted by atomic mass is 10.0. The van der Waals surface area contributed by atoms with Crippen LogP contribution in [0.4, 0.5) is 5.95 Å². The molecule has 0 fully saturated rings. The number of nitrogens with one attached hydrogen (secondary N) is 1. The van der Waals surface area contributed by atoms with Crippen molar-refractivity contribution in [3.05, 3.63) is 102 Å². The lowest BCUT2D eigenvalue weighted by Crippen LogP contribution is -2.21. The summed E-state index contributed by atoms with van der Waals surface area (Å²) in [5, 5.41) is 11.4. The molecule has 0 saturated heterocycles. The molecule has 10 nitrogen and oxygen atoms in total. The van der Waals surface area contributed by atoms with Crippen LogP contribution in [-0.4, -0.2) is 49.6 Å². The van der Waals surface area contributed by atoms with Gasteiger partial charge in [-0.15, -0.1) is 11.5 Å². The van der Waals surface area contributed by atoms with Crippen LogP contribution in [0.1, 0.15) is 36.9 Å². The van der Waals surface area contributed by atoms with Crippen LogP contribution in [0.5, 0.6) is 5.75 Å². The van der Waals surface area contributed by atoms with Crippen molar-refractivity contribution in [3.8, 4) is 40.7 Å². The molecule has 43 heavy (non-hydrogen) atoms. The maximum absolute atomic E-state index is 12.7. The minimum Gasteiger partial charge on any atom is -0.484 e. The van der Waals surface area contributed by atoms with Gasteiger partial charge in [0.1, 0.15) is 17.5 Å². The Hall–Kier alpha value is -5.40. The van der Waals surface area contributed by atoms with Crippen LogP contribution in [0, 0.1) is 18.3 Å². The Bertz CT molecular complexity index is 1750. The number of hydrogen-bond acceptors (Lipinski definition) is 8. The summed E-state index contributed by atoms with van der Waals surface area (Å²) in [5.41, 5.74) is 4.68. The maximum atomic E-state index is 12.7. The minimum atomic E-state index is -0.408. The number of para-hydroxylation sites is 1. The topological polar surface area (TPSA) is 117 Å². The highest BCUT2D eigenvalue weighted by atomic mass is 16.5. The van der Waals surface area contributed by atoms with Gasteiger partial charge in [0, 0.05) is 18.2 Å². The number of benzene rings is 2. The number of anilines is 1. The van der Waals surface area contributed by atoms with E-state index in [1.165, 1.54) is 0 Å². The average Bonchev–Trinajstić information content (AvgIpc) is 3.49. The van der Waals surface area contributed by atoms with Gasteiger partial charge < -0.3 is 9.47 Å². The monoisotopic (exact) mass is 573 g/mol. The molecule has 0 aliphatic carbocycles. The summed E-state index contributed by atoms with van der Waals surface area (Å²) in [6.45, 7) is 4.39. The second kappa shape index (κ2) is 13.5. The highest BCUT2D eigenvalue weighted by Gasteiger charge is 2.18.